The molecule has 0 amide bonds. The lowest BCUT2D eigenvalue weighted by Gasteiger charge is -1.88. The minimum Gasteiger partial charge on any atom is -0.478 e. The first kappa shape index (κ1) is 7.59. The van der Waals surface area contributed by atoms with Crippen molar-refractivity contribution in [3.8, 4) is 0 Å². The fraction of sp³-hybridized carbons (Fsp3) is 0.167. The Morgan fingerprint density at radius 1 is 1.80 bits per heavy atom. The van der Waals surface area contributed by atoms with Gasteiger partial charge in [0.1, 0.15) is 5.56 Å². The van der Waals surface area contributed by atoms with E-state index in [9.17, 15) is 4.79 Å². The molecule has 0 saturated carbocycles. The molecule has 0 radical (unpaired) electrons. The minimum atomic E-state index is -0.935. The quantitative estimate of drug-likeness (QED) is 0.776. The number of carboxylic acids is 1. The van der Waals surface area contributed by atoms with Crippen LogP contribution in [0.15, 0.2) is 10.7 Å². The molecule has 1 heterocycles. The van der Waals surface area contributed by atoms with Crippen LogP contribution in [0.2, 0.25) is 0 Å². The van der Waals surface area contributed by atoms with Crippen LogP contribution in [-0.2, 0) is 0 Å². The van der Waals surface area contributed by atoms with Crippen molar-refractivity contribution < 1.29 is 14.3 Å². The van der Waals surface area contributed by atoms with Gasteiger partial charge in [0.05, 0.1) is 6.26 Å². The van der Waals surface area contributed by atoms with Crippen molar-refractivity contribution in [1.82, 2.24) is 0 Å². The Hall–Kier alpha value is -0.520. The normalized spacial score (nSPS) is 9.80. The van der Waals surface area contributed by atoms with Crippen LogP contribution in [0.3, 0.4) is 0 Å². The largest absolute Gasteiger partial charge is 0.478 e. The van der Waals surface area contributed by atoms with E-state index in [4.69, 9.17) is 9.52 Å². The van der Waals surface area contributed by atoms with E-state index in [2.05, 4.69) is 0 Å². The number of hydrogen-bond acceptors (Lipinski definition) is 2. The third-order valence-corrected chi connectivity index (χ3v) is 1.94. The number of aryl methyl sites for hydroxylation is 1. The van der Waals surface area contributed by atoms with Crippen molar-refractivity contribution in [2.45, 2.75) is 6.92 Å². The second-order valence-electron chi connectivity index (χ2n) is 1.87. The molecule has 0 aliphatic rings. The summed E-state index contributed by atoms with van der Waals surface area (Å²) in [5, 5.41) is 8.57. The average Bonchev–Trinajstić information content (AvgIpc) is 2.11. The van der Waals surface area contributed by atoms with Gasteiger partial charge in [-0.05, 0) is 6.92 Å². The molecule has 1 rings (SSSR count). The van der Waals surface area contributed by atoms with E-state index < -0.39 is 5.97 Å². The lowest BCUT2D eigenvalue weighted by Crippen LogP contribution is -1.97. The predicted molar refractivity (Wildman–Crippen MR) is 43.1 cm³/mol. The zero-order chi connectivity index (χ0) is 7.72. The van der Waals surface area contributed by atoms with Crippen molar-refractivity contribution in [2.24, 2.45) is 0 Å². The van der Waals surface area contributed by atoms with Gasteiger partial charge in [-0.15, -0.1) is 0 Å². The maximum Gasteiger partial charge on any atom is 0.340 e. The van der Waals surface area contributed by atoms with Gasteiger partial charge in [0.2, 0.25) is 0 Å². The van der Waals surface area contributed by atoms with Crippen LogP contribution in [0.5, 0.6) is 0 Å². The first-order valence-electron chi connectivity index (χ1n) is 2.60. The molecule has 3 nitrogen and oxygen atoms in total. The summed E-state index contributed by atoms with van der Waals surface area (Å²) in [4.78, 5) is 10.4. The Balaban J connectivity index is 3.23. The van der Waals surface area contributed by atoms with Gasteiger partial charge < -0.3 is 9.52 Å². The van der Waals surface area contributed by atoms with Crippen molar-refractivity contribution in [2.75, 3.05) is 0 Å². The summed E-state index contributed by atoms with van der Waals surface area (Å²) >= 11 is 1.85. The first-order chi connectivity index (χ1) is 4.63. The fourth-order valence-electron chi connectivity index (χ4n) is 0.666. The second-order valence-corrected chi connectivity index (χ2v) is 2.85. The Bertz CT molecular complexity index is 244. The molecule has 0 saturated heterocycles. The summed E-state index contributed by atoms with van der Waals surface area (Å²) in [5.41, 5.74) is 0.928. The van der Waals surface area contributed by atoms with Gasteiger partial charge >= 0.3 is 5.97 Å². The topological polar surface area (TPSA) is 50.4 Å². The van der Waals surface area contributed by atoms with Crippen LogP contribution in [0, 0.1) is 10.7 Å². The van der Waals surface area contributed by atoms with Gasteiger partial charge in [0.25, 0.3) is 0 Å². The standard InChI is InChI=1S/C6H5IO3/c1-3-2-10-5(7)4(3)6(8)9/h2H,1H3,(H,8,9). The molecule has 0 spiro atoms. The Kier molecular flexibility index (Phi) is 1.98. The highest BCUT2D eigenvalue weighted by Crippen LogP contribution is 2.17. The third-order valence-electron chi connectivity index (χ3n) is 1.14. The Morgan fingerprint density at radius 2 is 2.40 bits per heavy atom. The zero-order valence-corrected chi connectivity index (χ0v) is 7.38. The molecular formula is C6H5IO3. The van der Waals surface area contributed by atoms with Gasteiger partial charge in [-0.25, -0.2) is 4.79 Å². The highest BCUT2D eigenvalue weighted by molar-refractivity contribution is 14.1. The smallest absolute Gasteiger partial charge is 0.340 e. The number of carbonyl (C=O) groups is 1. The molecule has 0 aliphatic heterocycles. The molecule has 0 unspecified atom stereocenters. The molecule has 4 heteroatoms. The molecule has 0 bridgehead atoms. The number of aromatic carboxylic acids is 1. The predicted octanol–water partition coefficient (Wildman–Crippen LogP) is 1.89. The molecule has 10 heavy (non-hydrogen) atoms. The molecule has 0 fully saturated rings. The molecule has 0 aromatic carbocycles. The van der Waals surface area contributed by atoms with Crippen LogP contribution in [0.4, 0.5) is 0 Å². The summed E-state index contributed by atoms with van der Waals surface area (Å²) in [6.45, 7) is 1.70. The molecular weight excluding hydrogens is 247 g/mol. The molecule has 54 valence electrons. The van der Waals surface area contributed by atoms with Crippen molar-refractivity contribution in [1.29, 1.82) is 0 Å². The maximum atomic E-state index is 10.4. The number of carboxylic acid groups (broad SMARTS) is 1. The van der Waals surface area contributed by atoms with Crippen LogP contribution >= 0.6 is 22.6 Å². The highest BCUT2D eigenvalue weighted by Gasteiger charge is 2.14. The summed E-state index contributed by atoms with van der Waals surface area (Å²) < 4.78 is 5.30. The van der Waals surface area contributed by atoms with Crippen LogP contribution in [-0.4, -0.2) is 11.1 Å². The Morgan fingerprint density at radius 3 is 2.60 bits per heavy atom. The lowest BCUT2D eigenvalue weighted by atomic mass is 10.2. The highest BCUT2D eigenvalue weighted by atomic mass is 127. The van der Waals surface area contributed by atoms with Crippen LogP contribution in [0.1, 0.15) is 15.9 Å². The van der Waals surface area contributed by atoms with E-state index in [1.54, 1.807) is 6.92 Å². The van der Waals surface area contributed by atoms with Gasteiger partial charge in [-0.2, -0.15) is 0 Å². The first-order valence-corrected chi connectivity index (χ1v) is 3.67. The van der Waals surface area contributed by atoms with Gasteiger partial charge in [0.15, 0.2) is 3.77 Å². The molecule has 0 aliphatic carbocycles. The van der Waals surface area contributed by atoms with E-state index in [-0.39, 0.29) is 5.56 Å². The van der Waals surface area contributed by atoms with E-state index in [0.717, 1.165) is 0 Å². The molecule has 1 aromatic heterocycles. The third kappa shape index (κ3) is 1.16. The van der Waals surface area contributed by atoms with Crippen molar-refractivity contribution in [3.63, 3.8) is 0 Å². The maximum absolute atomic E-state index is 10.4. The average molecular weight is 252 g/mol. The summed E-state index contributed by atoms with van der Waals surface area (Å²) in [6.07, 6.45) is 1.44. The number of rotatable bonds is 1. The van der Waals surface area contributed by atoms with Crippen LogP contribution in [0.25, 0.3) is 0 Å². The zero-order valence-electron chi connectivity index (χ0n) is 5.22. The number of halogens is 1. The van der Waals surface area contributed by atoms with E-state index in [1.807, 2.05) is 22.6 Å². The van der Waals surface area contributed by atoms with Crippen LogP contribution < -0.4 is 0 Å². The van der Waals surface area contributed by atoms with Gasteiger partial charge in [-0.1, -0.05) is 0 Å². The summed E-state index contributed by atoms with van der Waals surface area (Å²) in [7, 11) is 0. The summed E-state index contributed by atoms with van der Waals surface area (Å²) in [5.74, 6) is -0.935. The van der Waals surface area contributed by atoms with E-state index in [0.29, 0.717) is 9.33 Å². The SMILES string of the molecule is Cc1coc(I)c1C(=O)O. The van der Waals surface area contributed by atoms with Crippen molar-refractivity contribution in [3.05, 3.63) is 21.2 Å². The minimum absolute atomic E-state index is 0.264. The molecule has 1 N–H and O–H groups in total. The molecule has 1 aromatic rings. The number of hydrogen-bond donors (Lipinski definition) is 1. The molecule has 0 atom stereocenters. The van der Waals surface area contributed by atoms with Crippen molar-refractivity contribution >= 4 is 28.6 Å². The van der Waals surface area contributed by atoms with Gasteiger partial charge in [0, 0.05) is 28.2 Å². The van der Waals surface area contributed by atoms with E-state index in [1.165, 1.54) is 6.26 Å². The monoisotopic (exact) mass is 252 g/mol. The second kappa shape index (κ2) is 2.61. The fourth-order valence-corrected chi connectivity index (χ4v) is 1.45. The summed E-state index contributed by atoms with van der Waals surface area (Å²) in [6, 6.07) is 0. The van der Waals surface area contributed by atoms with Gasteiger partial charge in [-0.3, -0.25) is 0 Å². The Labute approximate surface area is 71.2 Å². The lowest BCUT2D eigenvalue weighted by molar-refractivity contribution is 0.0694. The van der Waals surface area contributed by atoms with E-state index >= 15 is 0 Å². The number of furan rings is 1.